The molecule has 0 N–H and O–H groups in total. The van der Waals surface area contributed by atoms with Gasteiger partial charge in [-0.15, -0.1) is 0 Å². The lowest BCUT2D eigenvalue weighted by molar-refractivity contribution is 0.400. The third kappa shape index (κ3) is 1.23. The van der Waals surface area contributed by atoms with Crippen LogP contribution in [-0.2, 0) is 9.05 Å². The highest BCUT2D eigenvalue weighted by atomic mass is 31.2. The van der Waals surface area contributed by atoms with E-state index in [0.29, 0.717) is 0 Å². The molecule has 0 fully saturated rings. The minimum Gasteiger partial charge on any atom is -0.438 e. The third-order valence-corrected chi connectivity index (χ3v) is 1.34. The maximum Gasteiger partial charge on any atom is 0.287 e. The Hall–Kier alpha value is -0.450. The van der Waals surface area contributed by atoms with Crippen LogP contribution in [0.5, 0.6) is 0 Å². The molecule has 0 saturated carbocycles. The van der Waals surface area contributed by atoms with E-state index in [1.165, 1.54) is 12.5 Å². The molecule has 0 saturated heterocycles. The van der Waals surface area contributed by atoms with Gasteiger partial charge in [0.05, 0.1) is 0 Å². The van der Waals surface area contributed by atoms with Crippen molar-refractivity contribution >= 4 is 8.38 Å². The summed E-state index contributed by atoms with van der Waals surface area (Å²) in [6.45, 7) is 1.88. The van der Waals surface area contributed by atoms with E-state index in [1.54, 1.807) is 0 Å². The van der Waals surface area contributed by atoms with E-state index in [9.17, 15) is 0 Å². The molecule has 0 amide bonds. The van der Waals surface area contributed by atoms with Crippen LogP contribution in [0.2, 0.25) is 0 Å². The van der Waals surface area contributed by atoms with Crippen molar-refractivity contribution < 1.29 is 9.05 Å². The Morgan fingerprint density at radius 1 is 1.43 bits per heavy atom. The Labute approximate surface area is 43.3 Å². The van der Waals surface area contributed by atoms with E-state index in [1.807, 2.05) is 6.66 Å². The molecule has 7 heavy (non-hydrogen) atoms. The molecule has 0 atom stereocenters. The Morgan fingerprint density at radius 3 is 2.29 bits per heavy atom. The SMILES string of the molecule is CP1OC=C=CO1. The second-order valence-corrected chi connectivity index (χ2v) is 2.35. The fourth-order valence-electron chi connectivity index (χ4n) is 0.262. The summed E-state index contributed by atoms with van der Waals surface area (Å²) in [7, 11) is -0.665. The van der Waals surface area contributed by atoms with Crippen LogP contribution >= 0.6 is 8.38 Å². The minimum atomic E-state index is -0.665. The molecule has 3 heteroatoms. The van der Waals surface area contributed by atoms with Crippen molar-refractivity contribution in [1.29, 1.82) is 0 Å². The van der Waals surface area contributed by atoms with Crippen molar-refractivity contribution in [1.82, 2.24) is 0 Å². The van der Waals surface area contributed by atoms with Crippen molar-refractivity contribution in [3.8, 4) is 0 Å². The largest absolute Gasteiger partial charge is 0.438 e. The van der Waals surface area contributed by atoms with Crippen LogP contribution in [-0.4, -0.2) is 6.66 Å². The Kier molecular flexibility index (Phi) is 1.35. The second kappa shape index (κ2) is 2.02. The zero-order valence-electron chi connectivity index (χ0n) is 3.92. The van der Waals surface area contributed by atoms with Crippen molar-refractivity contribution in [2.75, 3.05) is 6.66 Å². The monoisotopic (exact) mass is 116 g/mol. The average Bonchev–Trinajstić information content (AvgIpc) is 1.69. The highest BCUT2D eigenvalue weighted by Crippen LogP contribution is 2.35. The van der Waals surface area contributed by atoms with Gasteiger partial charge in [0.2, 0.25) is 0 Å². The van der Waals surface area contributed by atoms with Crippen molar-refractivity contribution in [2.24, 2.45) is 0 Å². The summed E-state index contributed by atoms with van der Waals surface area (Å²) in [5.74, 6) is 0. The molecule has 0 radical (unpaired) electrons. The van der Waals surface area contributed by atoms with Crippen molar-refractivity contribution in [3.63, 3.8) is 0 Å². The molecule has 0 aromatic heterocycles. The molecule has 2 nitrogen and oxygen atoms in total. The summed E-state index contributed by atoms with van der Waals surface area (Å²) >= 11 is 0. The van der Waals surface area contributed by atoms with Crippen LogP contribution in [0.3, 0.4) is 0 Å². The molecule has 0 aliphatic carbocycles. The van der Waals surface area contributed by atoms with Crippen LogP contribution in [0, 0.1) is 0 Å². The topological polar surface area (TPSA) is 18.5 Å². The quantitative estimate of drug-likeness (QED) is 0.353. The summed E-state index contributed by atoms with van der Waals surface area (Å²) in [4.78, 5) is 0. The molecular weight excluding hydrogens is 111 g/mol. The van der Waals surface area contributed by atoms with Crippen LogP contribution < -0.4 is 0 Å². The molecular formula is C4H5O2P. The van der Waals surface area contributed by atoms with Gasteiger partial charge in [-0.1, -0.05) is 0 Å². The van der Waals surface area contributed by atoms with Gasteiger partial charge < -0.3 is 9.05 Å². The first-order valence-electron chi connectivity index (χ1n) is 1.86. The predicted octanol–water partition coefficient (Wildman–Crippen LogP) is 1.60. The van der Waals surface area contributed by atoms with Crippen LogP contribution in [0.15, 0.2) is 18.3 Å². The standard InChI is InChI=1S/C4H5O2P/c1-7-5-3-2-4-6-7/h3-4H,1H3. The maximum absolute atomic E-state index is 4.85. The van der Waals surface area contributed by atoms with Gasteiger partial charge >= 0.3 is 0 Å². The van der Waals surface area contributed by atoms with Gasteiger partial charge in [-0.25, -0.2) is 0 Å². The van der Waals surface area contributed by atoms with Crippen LogP contribution in [0.4, 0.5) is 0 Å². The molecule has 1 heterocycles. The van der Waals surface area contributed by atoms with E-state index in [-0.39, 0.29) is 0 Å². The zero-order chi connectivity index (χ0) is 5.11. The van der Waals surface area contributed by atoms with Gasteiger partial charge in [-0.2, -0.15) is 0 Å². The lowest BCUT2D eigenvalue weighted by atomic mass is 10.9. The first kappa shape index (κ1) is 4.70. The van der Waals surface area contributed by atoms with Crippen molar-refractivity contribution in [2.45, 2.75) is 0 Å². The second-order valence-electron chi connectivity index (χ2n) is 1.05. The first-order chi connectivity index (χ1) is 3.39. The van der Waals surface area contributed by atoms with Crippen LogP contribution in [0.1, 0.15) is 0 Å². The Morgan fingerprint density at radius 2 is 2.00 bits per heavy atom. The molecule has 0 bridgehead atoms. The van der Waals surface area contributed by atoms with Gasteiger partial charge in [-0.3, -0.25) is 0 Å². The summed E-state index contributed by atoms with van der Waals surface area (Å²) in [5.41, 5.74) is 2.64. The van der Waals surface area contributed by atoms with Gasteiger partial charge in [-0.05, 0) is 5.73 Å². The number of hydrogen-bond acceptors (Lipinski definition) is 2. The molecule has 1 rings (SSSR count). The molecule has 1 aliphatic heterocycles. The summed E-state index contributed by atoms with van der Waals surface area (Å²) in [6.07, 6.45) is 3.02. The highest BCUT2D eigenvalue weighted by molar-refractivity contribution is 7.46. The number of rotatable bonds is 0. The third-order valence-electron chi connectivity index (χ3n) is 0.538. The molecule has 0 aromatic rings. The maximum atomic E-state index is 4.85. The van der Waals surface area contributed by atoms with E-state index in [4.69, 9.17) is 9.05 Å². The normalized spacial score (nSPS) is 18.4. The molecule has 1 aliphatic rings. The summed E-state index contributed by atoms with van der Waals surface area (Å²) in [5, 5.41) is 0. The fourth-order valence-corrected chi connectivity index (χ4v) is 0.730. The molecule has 0 aromatic carbocycles. The smallest absolute Gasteiger partial charge is 0.287 e. The van der Waals surface area contributed by atoms with E-state index >= 15 is 0 Å². The average molecular weight is 116 g/mol. The lowest BCUT2D eigenvalue weighted by Gasteiger charge is -2.08. The molecule has 38 valence electrons. The first-order valence-corrected chi connectivity index (χ1v) is 3.49. The van der Waals surface area contributed by atoms with Gasteiger partial charge in [0, 0.05) is 6.66 Å². The molecule has 0 spiro atoms. The summed E-state index contributed by atoms with van der Waals surface area (Å²) < 4.78 is 9.71. The molecule has 0 unspecified atom stereocenters. The van der Waals surface area contributed by atoms with Gasteiger partial charge in [0.25, 0.3) is 8.38 Å². The predicted molar refractivity (Wildman–Crippen MR) is 27.7 cm³/mol. The zero-order valence-corrected chi connectivity index (χ0v) is 4.81. The van der Waals surface area contributed by atoms with Gasteiger partial charge in [0.15, 0.2) is 0 Å². The Bertz CT molecular complexity index is 105. The highest BCUT2D eigenvalue weighted by Gasteiger charge is 1.99. The van der Waals surface area contributed by atoms with E-state index < -0.39 is 8.38 Å². The Balaban J connectivity index is 2.49. The fraction of sp³-hybridized carbons (Fsp3) is 0.250. The summed E-state index contributed by atoms with van der Waals surface area (Å²) in [6, 6.07) is 0. The van der Waals surface area contributed by atoms with Crippen molar-refractivity contribution in [3.05, 3.63) is 18.3 Å². The lowest BCUT2D eigenvalue weighted by Crippen LogP contribution is -1.77. The van der Waals surface area contributed by atoms with E-state index in [0.717, 1.165) is 0 Å². The minimum absolute atomic E-state index is 0.665. The van der Waals surface area contributed by atoms with E-state index in [2.05, 4.69) is 5.73 Å². The van der Waals surface area contributed by atoms with Gasteiger partial charge in [0.1, 0.15) is 12.5 Å². The van der Waals surface area contributed by atoms with Crippen LogP contribution in [0.25, 0.3) is 0 Å². The number of hydrogen-bond donors (Lipinski definition) is 0.